The van der Waals surface area contributed by atoms with Gasteiger partial charge in [-0.25, -0.2) is 0 Å². The average molecular weight is 259 g/mol. The van der Waals surface area contributed by atoms with Crippen molar-refractivity contribution in [3.8, 4) is 0 Å². The maximum absolute atomic E-state index is 11.8. The molecule has 1 amide bonds. The predicted octanol–water partition coefficient (Wildman–Crippen LogP) is 2.09. The molecule has 0 spiro atoms. The van der Waals surface area contributed by atoms with E-state index in [1.165, 1.54) is 0 Å². The van der Waals surface area contributed by atoms with E-state index in [2.05, 4.69) is 10.6 Å². The molecule has 1 heterocycles. The fraction of sp³-hybridized carbons (Fsp3) is 0.364. The highest BCUT2D eigenvalue weighted by molar-refractivity contribution is 6.35. The lowest BCUT2D eigenvalue weighted by Crippen LogP contribution is -2.36. The summed E-state index contributed by atoms with van der Waals surface area (Å²) < 4.78 is 0. The Morgan fingerprint density at radius 2 is 2.00 bits per heavy atom. The minimum Gasteiger partial charge on any atom is -0.348 e. The Hall–Kier alpha value is -0.770. The summed E-state index contributed by atoms with van der Waals surface area (Å²) in [4.78, 5) is 11.8. The zero-order valence-corrected chi connectivity index (χ0v) is 10.1. The first kappa shape index (κ1) is 11.7. The van der Waals surface area contributed by atoms with Gasteiger partial charge in [-0.1, -0.05) is 23.2 Å². The first-order valence-electron chi connectivity index (χ1n) is 5.13. The lowest BCUT2D eigenvalue weighted by atomic mass is 10.2. The normalized spacial score (nSPS) is 19.8. The van der Waals surface area contributed by atoms with Gasteiger partial charge in [0.05, 0.1) is 0 Å². The van der Waals surface area contributed by atoms with Gasteiger partial charge in [0.25, 0.3) is 5.91 Å². The first-order valence-corrected chi connectivity index (χ1v) is 5.88. The van der Waals surface area contributed by atoms with Crippen molar-refractivity contribution in [3.63, 3.8) is 0 Å². The van der Waals surface area contributed by atoms with E-state index >= 15 is 0 Å². The number of benzene rings is 1. The van der Waals surface area contributed by atoms with Crippen LogP contribution < -0.4 is 10.6 Å². The van der Waals surface area contributed by atoms with Gasteiger partial charge in [-0.3, -0.25) is 4.79 Å². The van der Waals surface area contributed by atoms with Crippen molar-refractivity contribution in [2.45, 2.75) is 12.5 Å². The van der Waals surface area contributed by atoms with Crippen LogP contribution in [0, 0.1) is 0 Å². The molecule has 2 N–H and O–H groups in total. The third-order valence-electron chi connectivity index (χ3n) is 2.52. The average Bonchev–Trinajstić information content (AvgIpc) is 2.68. The maximum Gasteiger partial charge on any atom is 0.251 e. The van der Waals surface area contributed by atoms with Gasteiger partial charge < -0.3 is 10.6 Å². The van der Waals surface area contributed by atoms with Gasteiger partial charge in [0.1, 0.15) is 0 Å². The summed E-state index contributed by atoms with van der Waals surface area (Å²) in [6.45, 7) is 1.77. The molecular formula is C11H12Cl2N2O. The van der Waals surface area contributed by atoms with Crippen LogP contribution in [0.5, 0.6) is 0 Å². The van der Waals surface area contributed by atoms with E-state index in [0.717, 1.165) is 19.5 Å². The van der Waals surface area contributed by atoms with Crippen LogP contribution in [0.2, 0.25) is 10.0 Å². The second-order valence-corrected chi connectivity index (χ2v) is 4.69. The van der Waals surface area contributed by atoms with Crippen LogP contribution in [0.25, 0.3) is 0 Å². The first-order chi connectivity index (χ1) is 7.65. The Kier molecular flexibility index (Phi) is 3.69. The van der Waals surface area contributed by atoms with E-state index in [-0.39, 0.29) is 11.9 Å². The van der Waals surface area contributed by atoms with Gasteiger partial charge >= 0.3 is 0 Å². The largest absolute Gasteiger partial charge is 0.348 e. The van der Waals surface area contributed by atoms with E-state index in [4.69, 9.17) is 23.2 Å². The minimum atomic E-state index is -0.127. The Bertz CT molecular complexity index is 383. The highest BCUT2D eigenvalue weighted by atomic mass is 35.5. The van der Waals surface area contributed by atoms with Crippen LogP contribution in [0.3, 0.4) is 0 Å². The molecular weight excluding hydrogens is 247 g/mol. The number of hydrogen-bond donors (Lipinski definition) is 2. The number of hydrogen-bond acceptors (Lipinski definition) is 2. The number of halogens is 2. The van der Waals surface area contributed by atoms with Crippen molar-refractivity contribution in [2.75, 3.05) is 13.1 Å². The van der Waals surface area contributed by atoms with Crippen LogP contribution in [-0.2, 0) is 0 Å². The second-order valence-electron chi connectivity index (χ2n) is 3.82. The number of carbonyl (C=O) groups excluding carboxylic acids is 1. The topological polar surface area (TPSA) is 41.1 Å². The molecule has 1 aliphatic heterocycles. The Labute approximate surface area is 104 Å². The molecule has 1 fully saturated rings. The summed E-state index contributed by atoms with van der Waals surface area (Å²) in [5.41, 5.74) is 0.504. The quantitative estimate of drug-likeness (QED) is 0.853. The molecule has 16 heavy (non-hydrogen) atoms. The van der Waals surface area contributed by atoms with Crippen molar-refractivity contribution in [2.24, 2.45) is 0 Å². The van der Waals surface area contributed by atoms with E-state index in [9.17, 15) is 4.79 Å². The summed E-state index contributed by atoms with van der Waals surface area (Å²) >= 11 is 11.7. The molecule has 1 aromatic carbocycles. The van der Waals surface area contributed by atoms with Crippen molar-refractivity contribution < 1.29 is 4.79 Å². The van der Waals surface area contributed by atoms with Crippen LogP contribution in [-0.4, -0.2) is 25.0 Å². The summed E-state index contributed by atoms with van der Waals surface area (Å²) in [5, 5.41) is 7.06. The monoisotopic (exact) mass is 258 g/mol. The summed E-state index contributed by atoms with van der Waals surface area (Å²) in [7, 11) is 0. The molecule has 3 nitrogen and oxygen atoms in total. The second kappa shape index (κ2) is 5.04. The Morgan fingerprint density at radius 1 is 1.31 bits per heavy atom. The van der Waals surface area contributed by atoms with Crippen LogP contribution in [0.4, 0.5) is 0 Å². The van der Waals surface area contributed by atoms with Crippen LogP contribution in [0.1, 0.15) is 16.8 Å². The maximum atomic E-state index is 11.8. The Balaban J connectivity index is 2.07. The zero-order chi connectivity index (χ0) is 11.5. The van der Waals surface area contributed by atoms with Gasteiger partial charge in [-0.15, -0.1) is 0 Å². The van der Waals surface area contributed by atoms with E-state index in [1.54, 1.807) is 18.2 Å². The van der Waals surface area contributed by atoms with Crippen molar-refractivity contribution in [1.29, 1.82) is 0 Å². The minimum absolute atomic E-state index is 0.127. The smallest absolute Gasteiger partial charge is 0.251 e. The lowest BCUT2D eigenvalue weighted by molar-refractivity contribution is 0.0940. The summed E-state index contributed by atoms with van der Waals surface area (Å²) in [6, 6.07) is 5.04. The molecule has 1 atom stereocenters. The van der Waals surface area contributed by atoms with Crippen LogP contribution in [0.15, 0.2) is 18.2 Å². The van der Waals surface area contributed by atoms with Crippen molar-refractivity contribution in [3.05, 3.63) is 33.8 Å². The molecule has 0 bridgehead atoms. The number of carbonyl (C=O) groups is 1. The van der Waals surface area contributed by atoms with Gasteiger partial charge in [0.2, 0.25) is 0 Å². The van der Waals surface area contributed by atoms with Crippen molar-refractivity contribution in [1.82, 2.24) is 10.6 Å². The standard InChI is InChI=1S/C11H12Cl2N2O/c12-8-3-7(4-9(13)5-8)11(16)15-10-1-2-14-6-10/h3-5,10,14H,1-2,6H2,(H,15,16). The molecule has 0 radical (unpaired) electrons. The molecule has 1 saturated heterocycles. The predicted molar refractivity (Wildman–Crippen MR) is 65.2 cm³/mol. The molecule has 1 aromatic rings. The molecule has 0 aromatic heterocycles. The molecule has 1 aliphatic rings. The summed E-state index contributed by atoms with van der Waals surface area (Å²) in [5.74, 6) is -0.127. The molecule has 1 unspecified atom stereocenters. The fourth-order valence-electron chi connectivity index (χ4n) is 1.73. The molecule has 5 heteroatoms. The highest BCUT2D eigenvalue weighted by Gasteiger charge is 2.17. The van der Waals surface area contributed by atoms with E-state index in [0.29, 0.717) is 15.6 Å². The SMILES string of the molecule is O=C(NC1CCNC1)c1cc(Cl)cc(Cl)c1. The fourth-order valence-corrected chi connectivity index (χ4v) is 2.26. The molecule has 2 rings (SSSR count). The molecule has 0 aliphatic carbocycles. The number of amides is 1. The van der Waals surface area contributed by atoms with E-state index in [1.807, 2.05) is 0 Å². The summed E-state index contributed by atoms with van der Waals surface area (Å²) in [6.07, 6.45) is 0.958. The molecule has 86 valence electrons. The third-order valence-corrected chi connectivity index (χ3v) is 2.96. The molecule has 0 saturated carbocycles. The highest BCUT2D eigenvalue weighted by Crippen LogP contribution is 2.19. The zero-order valence-electron chi connectivity index (χ0n) is 8.59. The number of rotatable bonds is 2. The Morgan fingerprint density at radius 3 is 2.56 bits per heavy atom. The van der Waals surface area contributed by atoms with Gasteiger partial charge in [-0.05, 0) is 31.2 Å². The third kappa shape index (κ3) is 2.88. The van der Waals surface area contributed by atoms with Crippen LogP contribution >= 0.6 is 23.2 Å². The van der Waals surface area contributed by atoms with Crippen molar-refractivity contribution >= 4 is 29.1 Å². The van der Waals surface area contributed by atoms with Gasteiger partial charge in [0, 0.05) is 28.2 Å². The van der Waals surface area contributed by atoms with E-state index < -0.39 is 0 Å². The number of nitrogens with one attached hydrogen (secondary N) is 2. The van der Waals surface area contributed by atoms with Gasteiger partial charge in [-0.2, -0.15) is 0 Å². The van der Waals surface area contributed by atoms with Gasteiger partial charge in [0.15, 0.2) is 0 Å². The lowest BCUT2D eigenvalue weighted by Gasteiger charge is -2.11.